The molecule has 3 rings (SSSR count). The lowest BCUT2D eigenvalue weighted by atomic mass is 9.99. The highest BCUT2D eigenvalue weighted by atomic mass is 32.2. The fourth-order valence-corrected chi connectivity index (χ4v) is 3.58. The zero-order valence-corrected chi connectivity index (χ0v) is 14.6. The maximum atomic E-state index is 12.5. The van der Waals surface area contributed by atoms with Crippen molar-refractivity contribution < 1.29 is 17.9 Å². The van der Waals surface area contributed by atoms with Gasteiger partial charge in [0.15, 0.2) is 11.5 Å². The molecule has 1 heterocycles. The number of nitrogens with one attached hydrogen (secondary N) is 1. The molecule has 2 aromatic rings. The molecule has 0 aliphatic carbocycles. The zero-order chi connectivity index (χ0) is 17.2. The van der Waals surface area contributed by atoms with E-state index in [1.165, 1.54) is 0 Å². The standard InChI is InChI=1S/C18H21NO4S/c1-3-13(2)14-4-7-16(8-5-14)24(20,21)19-15-6-9-17-18(12-15)23-11-10-22-17/h4-9,12-13,19H,3,10-11H2,1-2H3. The number of sulfonamides is 1. The SMILES string of the molecule is CCC(C)c1ccc(S(=O)(=O)Nc2ccc3c(c2)OCCO3)cc1. The van der Waals surface area contributed by atoms with E-state index in [2.05, 4.69) is 18.6 Å². The molecule has 0 bridgehead atoms. The molecule has 0 radical (unpaired) electrons. The van der Waals surface area contributed by atoms with Crippen molar-refractivity contribution in [3.05, 3.63) is 48.0 Å². The molecule has 2 aromatic carbocycles. The van der Waals surface area contributed by atoms with Crippen LogP contribution in [-0.2, 0) is 10.0 Å². The van der Waals surface area contributed by atoms with Crippen LogP contribution >= 0.6 is 0 Å². The number of rotatable bonds is 5. The number of hydrogen-bond donors (Lipinski definition) is 1. The van der Waals surface area contributed by atoms with Gasteiger partial charge in [-0.15, -0.1) is 0 Å². The van der Waals surface area contributed by atoms with E-state index in [0.717, 1.165) is 12.0 Å². The maximum Gasteiger partial charge on any atom is 0.261 e. The molecule has 128 valence electrons. The van der Waals surface area contributed by atoms with Gasteiger partial charge in [0.2, 0.25) is 0 Å². The van der Waals surface area contributed by atoms with Crippen LogP contribution in [-0.4, -0.2) is 21.6 Å². The zero-order valence-electron chi connectivity index (χ0n) is 13.8. The van der Waals surface area contributed by atoms with Crippen LogP contribution in [0.1, 0.15) is 31.7 Å². The molecule has 24 heavy (non-hydrogen) atoms. The highest BCUT2D eigenvalue weighted by Gasteiger charge is 2.17. The Morgan fingerprint density at radius 1 is 1.04 bits per heavy atom. The molecule has 0 saturated heterocycles. The van der Waals surface area contributed by atoms with Gasteiger partial charge in [0.1, 0.15) is 13.2 Å². The minimum Gasteiger partial charge on any atom is -0.486 e. The molecule has 0 fully saturated rings. The lowest BCUT2D eigenvalue weighted by Gasteiger charge is -2.19. The molecular weight excluding hydrogens is 326 g/mol. The van der Waals surface area contributed by atoms with Crippen LogP contribution in [0.15, 0.2) is 47.4 Å². The summed E-state index contributed by atoms with van der Waals surface area (Å²) in [5.41, 5.74) is 1.58. The predicted octanol–water partition coefficient (Wildman–Crippen LogP) is 3.77. The average Bonchev–Trinajstić information content (AvgIpc) is 2.60. The minimum absolute atomic E-state index is 0.240. The quantitative estimate of drug-likeness (QED) is 0.894. The number of benzene rings is 2. The molecule has 1 N–H and O–H groups in total. The summed E-state index contributed by atoms with van der Waals surface area (Å²) in [7, 11) is -3.64. The normalized spacial score (nSPS) is 14.9. The second kappa shape index (κ2) is 6.73. The van der Waals surface area contributed by atoms with E-state index >= 15 is 0 Å². The molecule has 1 unspecified atom stereocenters. The second-order valence-electron chi connectivity index (χ2n) is 5.84. The van der Waals surface area contributed by atoms with E-state index in [0.29, 0.717) is 36.3 Å². The van der Waals surface area contributed by atoms with Gasteiger partial charge in [0.25, 0.3) is 10.0 Å². The van der Waals surface area contributed by atoms with Gasteiger partial charge < -0.3 is 9.47 Å². The van der Waals surface area contributed by atoms with Gasteiger partial charge in [-0.05, 0) is 42.2 Å². The molecule has 0 aromatic heterocycles. The summed E-state index contributed by atoms with van der Waals surface area (Å²) in [4.78, 5) is 0.240. The van der Waals surface area contributed by atoms with E-state index in [1.807, 2.05) is 12.1 Å². The summed E-state index contributed by atoms with van der Waals surface area (Å²) >= 11 is 0. The Morgan fingerprint density at radius 3 is 2.38 bits per heavy atom. The lowest BCUT2D eigenvalue weighted by molar-refractivity contribution is 0.171. The van der Waals surface area contributed by atoms with Gasteiger partial charge in [-0.1, -0.05) is 26.0 Å². The highest BCUT2D eigenvalue weighted by Crippen LogP contribution is 2.33. The van der Waals surface area contributed by atoms with Crippen molar-refractivity contribution in [2.45, 2.75) is 31.1 Å². The molecule has 1 atom stereocenters. The predicted molar refractivity (Wildman–Crippen MR) is 93.4 cm³/mol. The first-order valence-electron chi connectivity index (χ1n) is 8.02. The van der Waals surface area contributed by atoms with Crippen molar-refractivity contribution in [2.24, 2.45) is 0 Å². The maximum absolute atomic E-state index is 12.5. The van der Waals surface area contributed by atoms with E-state index in [4.69, 9.17) is 9.47 Å². The Balaban J connectivity index is 1.81. The van der Waals surface area contributed by atoms with Crippen molar-refractivity contribution in [1.82, 2.24) is 0 Å². The van der Waals surface area contributed by atoms with E-state index in [1.54, 1.807) is 30.3 Å². The van der Waals surface area contributed by atoms with Crippen LogP contribution < -0.4 is 14.2 Å². The van der Waals surface area contributed by atoms with Gasteiger partial charge >= 0.3 is 0 Å². The van der Waals surface area contributed by atoms with Crippen molar-refractivity contribution >= 4 is 15.7 Å². The van der Waals surface area contributed by atoms with Gasteiger partial charge in [-0.25, -0.2) is 8.42 Å². The fraction of sp³-hybridized carbons (Fsp3) is 0.333. The number of anilines is 1. The second-order valence-corrected chi connectivity index (χ2v) is 7.52. The molecule has 0 saturated carbocycles. The summed E-state index contributed by atoms with van der Waals surface area (Å²) in [5, 5.41) is 0. The van der Waals surface area contributed by atoms with Crippen LogP contribution in [0.5, 0.6) is 11.5 Å². The largest absolute Gasteiger partial charge is 0.486 e. The summed E-state index contributed by atoms with van der Waals surface area (Å²) in [6.07, 6.45) is 1.02. The number of hydrogen-bond acceptors (Lipinski definition) is 4. The summed E-state index contributed by atoms with van der Waals surface area (Å²) < 4.78 is 38.6. The Labute approximate surface area is 142 Å². The van der Waals surface area contributed by atoms with Crippen LogP contribution in [0.4, 0.5) is 5.69 Å². The molecule has 1 aliphatic heterocycles. The first-order valence-corrected chi connectivity index (χ1v) is 9.50. The first kappa shape index (κ1) is 16.6. The smallest absolute Gasteiger partial charge is 0.261 e. The lowest BCUT2D eigenvalue weighted by Crippen LogP contribution is -2.16. The molecule has 0 spiro atoms. The molecular formula is C18H21NO4S. The Kier molecular flexibility index (Phi) is 4.66. The first-order chi connectivity index (χ1) is 11.5. The third kappa shape index (κ3) is 3.48. The Morgan fingerprint density at radius 2 is 1.71 bits per heavy atom. The topological polar surface area (TPSA) is 64.6 Å². The van der Waals surface area contributed by atoms with Crippen LogP contribution in [0.25, 0.3) is 0 Å². The number of fused-ring (bicyclic) bond motifs is 1. The van der Waals surface area contributed by atoms with Crippen LogP contribution in [0, 0.1) is 0 Å². The van der Waals surface area contributed by atoms with Crippen molar-refractivity contribution in [3.63, 3.8) is 0 Å². The van der Waals surface area contributed by atoms with Crippen LogP contribution in [0.3, 0.4) is 0 Å². The fourth-order valence-electron chi connectivity index (χ4n) is 2.53. The minimum atomic E-state index is -3.64. The monoisotopic (exact) mass is 347 g/mol. The van der Waals surface area contributed by atoms with Crippen molar-refractivity contribution in [3.8, 4) is 11.5 Å². The molecule has 0 amide bonds. The van der Waals surface area contributed by atoms with Crippen molar-refractivity contribution in [1.29, 1.82) is 0 Å². The van der Waals surface area contributed by atoms with Gasteiger partial charge in [0.05, 0.1) is 10.6 Å². The van der Waals surface area contributed by atoms with Gasteiger partial charge in [-0.3, -0.25) is 4.72 Å². The Bertz CT molecular complexity index is 815. The Hall–Kier alpha value is -2.21. The van der Waals surface area contributed by atoms with Crippen LogP contribution in [0.2, 0.25) is 0 Å². The van der Waals surface area contributed by atoms with E-state index in [9.17, 15) is 8.42 Å². The van der Waals surface area contributed by atoms with Gasteiger partial charge in [0, 0.05) is 6.07 Å². The third-order valence-corrected chi connectivity index (χ3v) is 5.56. The van der Waals surface area contributed by atoms with Gasteiger partial charge in [-0.2, -0.15) is 0 Å². The summed E-state index contributed by atoms with van der Waals surface area (Å²) in [5.74, 6) is 1.59. The van der Waals surface area contributed by atoms with E-state index < -0.39 is 10.0 Å². The molecule has 1 aliphatic rings. The van der Waals surface area contributed by atoms with E-state index in [-0.39, 0.29) is 4.90 Å². The molecule has 5 nitrogen and oxygen atoms in total. The number of ether oxygens (including phenoxy) is 2. The third-order valence-electron chi connectivity index (χ3n) is 4.17. The average molecular weight is 347 g/mol. The molecule has 6 heteroatoms. The van der Waals surface area contributed by atoms with Crippen molar-refractivity contribution in [2.75, 3.05) is 17.9 Å². The summed E-state index contributed by atoms with van der Waals surface area (Å²) in [6, 6.07) is 12.0. The summed E-state index contributed by atoms with van der Waals surface area (Å²) in [6.45, 7) is 5.19. The highest BCUT2D eigenvalue weighted by molar-refractivity contribution is 7.92.